The molecule has 0 fully saturated rings. The van der Waals surface area contributed by atoms with Crippen molar-refractivity contribution in [3.63, 3.8) is 0 Å². The van der Waals surface area contributed by atoms with E-state index in [9.17, 15) is 4.79 Å². The Kier molecular flexibility index (Phi) is 3.68. The van der Waals surface area contributed by atoms with Crippen LogP contribution in [0.15, 0.2) is 48.5 Å². The van der Waals surface area contributed by atoms with Crippen molar-refractivity contribution in [2.24, 2.45) is 0 Å². The van der Waals surface area contributed by atoms with Gasteiger partial charge in [-0.15, -0.1) is 0 Å². The van der Waals surface area contributed by atoms with Crippen molar-refractivity contribution in [3.05, 3.63) is 70.8 Å². The molecular formula is C19H20O. The first-order valence-corrected chi connectivity index (χ1v) is 7.41. The molecule has 0 saturated heterocycles. The van der Waals surface area contributed by atoms with Crippen molar-refractivity contribution in [3.8, 4) is 0 Å². The first kappa shape index (κ1) is 13.1. The van der Waals surface area contributed by atoms with E-state index in [4.69, 9.17) is 0 Å². The highest BCUT2D eigenvalue weighted by atomic mass is 16.1. The zero-order valence-corrected chi connectivity index (χ0v) is 11.9. The smallest absolute Gasteiger partial charge is 0.129 e. The SMILES string of the molecule is CC(=O)CCC1c2ccccc2CCc2ccccc21. The summed E-state index contributed by atoms with van der Waals surface area (Å²) in [6.07, 6.45) is 3.78. The van der Waals surface area contributed by atoms with Crippen LogP contribution in [-0.2, 0) is 17.6 Å². The second kappa shape index (κ2) is 5.62. The Hall–Kier alpha value is -1.89. The third-order valence-electron chi connectivity index (χ3n) is 4.31. The highest BCUT2D eigenvalue weighted by Crippen LogP contribution is 2.37. The van der Waals surface area contributed by atoms with Gasteiger partial charge < -0.3 is 4.79 Å². The lowest BCUT2D eigenvalue weighted by Gasteiger charge is -2.19. The maximum Gasteiger partial charge on any atom is 0.129 e. The fraction of sp³-hybridized carbons (Fsp3) is 0.316. The molecule has 2 aromatic carbocycles. The third-order valence-corrected chi connectivity index (χ3v) is 4.31. The number of fused-ring (bicyclic) bond motifs is 2. The van der Waals surface area contributed by atoms with Crippen LogP contribution in [0.25, 0.3) is 0 Å². The zero-order valence-electron chi connectivity index (χ0n) is 11.9. The first-order valence-electron chi connectivity index (χ1n) is 7.41. The number of ketones is 1. The molecular weight excluding hydrogens is 244 g/mol. The Morgan fingerprint density at radius 2 is 1.45 bits per heavy atom. The van der Waals surface area contributed by atoms with E-state index in [1.807, 2.05) is 0 Å². The molecule has 0 N–H and O–H groups in total. The van der Waals surface area contributed by atoms with Gasteiger partial charge in [0.1, 0.15) is 5.78 Å². The molecule has 1 aliphatic carbocycles. The quantitative estimate of drug-likeness (QED) is 0.808. The van der Waals surface area contributed by atoms with Crippen LogP contribution in [0.2, 0.25) is 0 Å². The Morgan fingerprint density at radius 3 is 1.95 bits per heavy atom. The van der Waals surface area contributed by atoms with Crippen LogP contribution in [0.1, 0.15) is 47.9 Å². The highest BCUT2D eigenvalue weighted by Gasteiger charge is 2.23. The summed E-state index contributed by atoms with van der Waals surface area (Å²) in [6, 6.07) is 17.4. The first-order chi connectivity index (χ1) is 9.75. The van der Waals surface area contributed by atoms with Crippen LogP contribution in [0.5, 0.6) is 0 Å². The van der Waals surface area contributed by atoms with Gasteiger partial charge in [0.15, 0.2) is 0 Å². The number of aryl methyl sites for hydroxylation is 2. The summed E-state index contributed by atoms with van der Waals surface area (Å²) in [5.74, 6) is 0.651. The molecule has 0 atom stereocenters. The lowest BCUT2D eigenvalue weighted by atomic mass is 9.84. The van der Waals surface area contributed by atoms with E-state index in [0.717, 1.165) is 19.3 Å². The molecule has 2 aromatic rings. The monoisotopic (exact) mass is 264 g/mol. The van der Waals surface area contributed by atoms with E-state index >= 15 is 0 Å². The second-order valence-corrected chi connectivity index (χ2v) is 5.69. The largest absolute Gasteiger partial charge is 0.300 e. The molecule has 0 aromatic heterocycles. The van der Waals surface area contributed by atoms with Gasteiger partial charge in [0.2, 0.25) is 0 Å². The van der Waals surface area contributed by atoms with E-state index in [-0.39, 0.29) is 5.78 Å². The molecule has 1 heteroatoms. The fourth-order valence-electron chi connectivity index (χ4n) is 3.30. The lowest BCUT2D eigenvalue weighted by Crippen LogP contribution is -2.06. The van der Waals surface area contributed by atoms with Crippen LogP contribution in [0.3, 0.4) is 0 Å². The van der Waals surface area contributed by atoms with Gasteiger partial charge in [-0.05, 0) is 48.4 Å². The van der Waals surface area contributed by atoms with E-state index in [2.05, 4.69) is 48.5 Å². The molecule has 0 heterocycles. The molecule has 3 rings (SSSR count). The molecule has 0 radical (unpaired) electrons. The minimum Gasteiger partial charge on any atom is -0.300 e. The Morgan fingerprint density at radius 1 is 0.950 bits per heavy atom. The molecule has 0 bridgehead atoms. The van der Waals surface area contributed by atoms with Gasteiger partial charge in [0.25, 0.3) is 0 Å². The molecule has 0 spiro atoms. The third kappa shape index (κ3) is 2.53. The van der Waals surface area contributed by atoms with Crippen molar-refractivity contribution in [1.29, 1.82) is 0 Å². The average Bonchev–Trinajstić information content (AvgIpc) is 2.62. The molecule has 0 saturated carbocycles. The fourth-order valence-corrected chi connectivity index (χ4v) is 3.30. The number of carbonyl (C=O) groups excluding carboxylic acids is 1. The van der Waals surface area contributed by atoms with Gasteiger partial charge in [0.05, 0.1) is 0 Å². The van der Waals surface area contributed by atoms with Crippen LogP contribution >= 0.6 is 0 Å². The van der Waals surface area contributed by atoms with Crippen LogP contribution in [0, 0.1) is 0 Å². The topological polar surface area (TPSA) is 17.1 Å². The molecule has 1 aliphatic rings. The Balaban J connectivity index is 2.06. The van der Waals surface area contributed by atoms with Crippen molar-refractivity contribution >= 4 is 5.78 Å². The van der Waals surface area contributed by atoms with Crippen molar-refractivity contribution < 1.29 is 4.79 Å². The van der Waals surface area contributed by atoms with Gasteiger partial charge in [0, 0.05) is 12.3 Å². The summed E-state index contributed by atoms with van der Waals surface area (Å²) >= 11 is 0. The van der Waals surface area contributed by atoms with E-state index in [1.165, 1.54) is 22.3 Å². The van der Waals surface area contributed by atoms with E-state index < -0.39 is 0 Å². The van der Waals surface area contributed by atoms with E-state index in [0.29, 0.717) is 12.3 Å². The summed E-state index contributed by atoms with van der Waals surface area (Å²) in [6.45, 7) is 1.69. The van der Waals surface area contributed by atoms with Crippen molar-refractivity contribution in [1.82, 2.24) is 0 Å². The number of benzene rings is 2. The molecule has 0 amide bonds. The Labute approximate surface area is 120 Å². The number of Topliss-reactive ketones (excluding diaryl/α,β-unsaturated/α-hetero) is 1. The molecule has 102 valence electrons. The van der Waals surface area contributed by atoms with E-state index in [1.54, 1.807) is 6.92 Å². The number of carbonyl (C=O) groups is 1. The van der Waals surface area contributed by atoms with Gasteiger partial charge in [-0.2, -0.15) is 0 Å². The van der Waals surface area contributed by atoms with Crippen LogP contribution < -0.4 is 0 Å². The standard InChI is InChI=1S/C19H20O/c1-14(20)10-13-19-17-8-4-2-6-15(17)11-12-16-7-3-5-9-18(16)19/h2-9,19H,10-13H2,1H3. The average molecular weight is 264 g/mol. The summed E-state index contributed by atoms with van der Waals surface area (Å²) in [5, 5.41) is 0. The predicted molar refractivity (Wildman–Crippen MR) is 82.1 cm³/mol. The van der Waals surface area contributed by atoms with Gasteiger partial charge in [-0.1, -0.05) is 48.5 Å². The lowest BCUT2D eigenvalue weighted by molar-refractivity contribution is -0.117. The molecule has 0 aliphatic heterocycles. The Bertz CT molecular complexity index is 580. The zero-order chi connectivity index (χ0) is 13.9. The predicted octanol–water partition coefficient (Wildman–Crippen LogP) is 4.29. The molecule has 20 heavy (non-hydrogen) atoms. The number of hydrogen-bond donors (Lipinski definition) is 0. The summed E-state index contributed by atoms with van der Waals surface area (Å²) in [5.41, 5.74) is 5.71. The summed E-state index contributed by atoms with van der Waals surface area (Å²) in [7, 11) is 0. The maximum atomic E-state index is 11.4. The van der Waals surface area contributed by atoms with Crippen LogP contribution in [0.4, 0.5) is 0 Å². The highest BCUT2D eigenvalue weighted by molar-refractivity contribution is 5.75. The van der Waals surface area contributed by atoms with Gasteiger partial charge in [-0.25, -0.2) is 0 Å². The summed E-state index contributed by atoms with van der Waals surface area (Å²) in [4.78, 5) is 11.4. The maximum absolute atomic E-state index is 11.4. The van der Waals surface area contributed by atoms with Gasteiger partial charge in [-0.3, -0.25) is 0 Å². The van der Waals surface area contributed by atoms with Gasteiger partial charge >= 0.3 is 0 Å². The second-order valence-electron chi connectivity index (χ2n) is 5.69. The van der Waals surface area contributed by atoms with Crippen LogP contribution in [-0.4, -0.2) is 5.78 Å². The number of hydrogen-bond acceptors (Lipinski definition) is 1. The number of rotatable bonds is 3. The normalized spacial score (nSPS) is 14.2. The van der Waals surface area contributed by atoms with Crippen molar-refractivity contribution in [2.75, 3.05) is 0 Å². The molecule has 0 unspecified atom stereocenters. The summed E-state index contributed by atoms with van der Waals surface area (Å²) < 4.78 is 0. The minimum absolute atomic E-state index is 0.282. The van der Waals surface area contributed by atoms with Crippen molar-refractivity contribution in [2.45, 2.75) is 38.5 Å². The minimum atomic E-state index is 0.282. The molecule has 1 nitrogen and oxygen atoms in total.